The number of rotatable bonds is 14. The molecule has 0 atom stereocenters. The summed E-state index contributed by atoms with van der Waals surface area (Å²) in [6.45, 7) is 0. The smallest absolute Gasteiger partial charge is 0.423 e. The third-order valence-electron chi connectivity index (χ3n) is 15.7. The molecule has 0 bridgehead atoms. The Kier molecular flexibility index (Phi) is 36.3. The van der Waals surface area contributed by atoms with E-state index in [-0.39, 0.29) is 31.7 Å². The van der Waals surface area contributed by atoms with Crippen molar-refractivity contribution in [3.05, 3.63) is 463 Å². The molecule has 16 aromatic rings. The summed E-state index contributed by atoms with van der Waals surface area (Å²) in [6, 6.07) is 142. The van der Waals surface area contributed by atoms with E-state index in [1.165, 1.54) is 81.9 Å². The summed E-state index contributed by atoms with van der Waals surface area (Å²) >= 11 is 9.12. The maximum atomic E-state index is 13.2. The van der Waals surface area contributed by atoms with Crippen LogP contribution in [-0.2, 0) is 20.4 Å². The SMILES string of the molecule is Brc1ncccn1.Fc1cc(-c2ncccn2)ccc1Br.OB(O)c1ccc(Br)c(F)c1.[Pd].c1ccc(P(c2ccccc2)c2ccccc2)cc1.c1ccc(P(c2ccccc2)c2ccccc2)cc1.c1ccc(P(c2ccccc2)c2ccccc2)cc1.c1ccc(P(c2ccccc2)c2ccccc2)cc1. The standard InChI is InChI=1S/4C18H15P.C10H6BrFN2.C6H5BBrFO2.C4H3BrN2.Pd/c4*1-4-10-16(11-5-1)19(17-12-6-2-7-13-17)18-14-8-3-9-15-18;11-8-3-2-7(6-9(8)12)10-13-4-1-5-14-10;8-5-2-1-4(7(10)11)3-6(5)9;5-4-6-2-1-3-7-4;/h4*1-15H;1-6H;1-3,10-11H;1-3H;. The third-order valence-corrected chi connectivity index (χ3v) is 27.2. The van der Waals surface area contributed by atoms with Gasteiger partial charge in [-0.1, -0.05) is 370 Å². The van der Waals surface area contributed by atoms with Crippen LogP contribution < -0.4 is 69.1 Å². The van der Waals surface area contributed by atoms with E-state index < -0.39 is 44.6 Å². The van der Waals surface area contributed by atoms with Gasteiger partial charge in [0.25, 0.3) is 0 Å². The zero-order valence-corrected chi connectivity index (χ0v) is 68.7. The molecule has 0 saturated carbocycles. The van der Waals surface area contributed by atoms with Gasteiger partial charge in [-0.3, -0.25) is 0 Å². The monoisotopic (exact) mass is 1780 g/mol. The maximum Gasteiger partial charge on any atom is 0.488 e. The number of aromatic nitrogens is 4. The summed E-state index contributed by atoms with van der Waals surface area (Å²) in [5.74, 6) is -0.288. The molecule has 6 nitrogen and oxygen atoms in total. The van der Waals surface area contributed by atoms with Gasteiger partial charge in [0, 0.05) is 50.8 Å². The molecule has 0 spiro atoms. The van der Waals surface area contributed by atoms with Gasteiger partial charge in [-0.25, -0.2) is 28.7 Å². The first kappa shape index (κ1) is 83.9. The number of nitrogens with zero attached hydrogens (tertiary/aromatic N) is 4. The van der Waals surface area contributed by atoms with E-state index in [9.17, 15) is 8.78 Å². The van der Waals surface area contributed by atoms with Crippen LogP contribution in [-0.4, -0.2) is 37.1 Å². The van der Waals surface area contributed by atoms with Gasteiger partial charge < -0.3 is 10.0 Å². The van der Waals surface area contributed by atoms with Crippen LogP contribution in [0.4, 0.5) is 8.78 Å². The predicted octanol–water partition coefficient (Wildman–Crippen LogP) is 18.3. The van der Waals surface area contributed by atoms with Crippen molar-refractivity contribution in [2.24, 2.45) is 0 Å². The summed E-state index contributed by atoms with van der Waals surface area (Å²) in [5.41, 5.74) is 0.817. The van der Waals surface area contributed by atoms with Gasteiger partial charge in [0.05, 0.1) is 8.95 Å². The van der Waals surface area contributed by atoms with Crippen LogP contribution in [0.2, 0.25) is 0 Å². The van der Waals surface area contributed by atoms with Crippen molar-refractivity contribution in [2.75, 3.05) is 0 Å². The molecule has 0 fully saturated rings. The van der Waals surface area contributed by atoms with Crippen LogP contribution in [0, 0.1) is 11.6 Å². The molecular formula is C92H74BBr3F2N4O2P4Pd. The Morgan fingerprint density at radius 1 is 0.239 bits per heavy atom. The minimum absolute atomic E-state index is 0. The molecule has 0 unspecified atom stereocenters. The minimum atomic E-state index is -1.61. The Hall–Kier alpha value is -9.09. The van der Waals surface area contributed by atoms with Gasteiger partial charge in [0.1, 0.15) is 11.6 Å². The molecule has 109 heavy (non-hydrogen) atoms. The first-order chi connectivity index (χ1) is 53.1. The predicted molar refractivity (Wildman–Crippen MR) is 469 cm³/mol. The van der Waals surface area contributed by atoms with E-state index in [1.54, 1.807) is 49.1 Å². The van der Waals surface area contributed by atoms with Gasteiger partial charge in [-0.15, -0.1) is 0 Å². The van der Waals surface area contributed by atoms with E-state index >= 15 is 0 Å². The Labute approximate surface area is 682 Å². The van der Waals surface area contributed by atoms with Crippen molar-refractivity contribution in [1.82, 2.24) is 19.9 Å². The van der Waals surface area contributed by atoms with E-state index in [2.05, 4.69) is 432 Å². The molecule has 0 saturated heterocycles. The summed E-state index contributed by atoms with van der Waals surface area (Å²) in [4.78, 5) is 15.6. The molecule has 14 aromatic carbocycles. The Bertz CT molecular complexity index is 4290. The summed E-state index contributed by atoms with van der Waals surface area (Å²) < 4.78 is 27.2. The second-order valence-electron chi connectivity index (χ2n) is 23.1. The molecule has 0 radical (unpaired) electrons. The molecule has 16 rings (SSSR count). The molecule has 542 valence electrons. The second-order valence-corrected chi connectivity index (χ2v) is 34.4. The largest absolute Gasteiger partial charge is 0.488 e. The average molecular weight is 1790 g/mol. The fourth-order valence-electron chi connectivity index (χ4n) is 10.8. The molecular weight excluding hydrogens is 1710 g/mol. The van der Waals surface area contributed by atoms with Crippen LogP contribution in [0.5, 0.6) is 0 Å². The zero-order chi connectivity index (χ0) is 75.2. The van der Waals surface area contributed by atoms with E-state index in [0.717, 1.165) is 6.07 Å². The van der Waals surface area contributed by atoms with Gasteiger partial charge in [-0.2, -0.15) is 0 Å². The van der Waals surface area contributed by atoms with Crippen molar-refractivity contribution in [3.63, 3.8) is 0 Å². The Balaban J connectivity index is 0.000000149. The molecule has 2 N–H and O–H groups in total. The molecule has 2 aromatic heterocycles. The number of hydrogen-bond donors (Lipinski definition) is 2. The van der Waals surface area contributed by atoms with Crippen molar-refractivity contribution in [1.29, 1.82) is 0 Å². The Morgan fingerprint density at radius 2 is 0.431 bits per heavy atom. The quantitative estimate of drug-likeness (QED) is 0.0640. The van der Waals surface area contributed by atoms with E-state index in [0.29, 0.717) is 25.1 Å². The molecule has 0 amide bonds. The summed E-state index contributed by atoms with van der Waals surface area (Å²) in [7, 11) is -3.40. The van der Waals surface area contributed by atoms with Gasteiger partial charge in [0.2, 0.25) is 0 Å². The Morgan fingerprint density at radius 3 is 0.606 bits per heavy atom. The van der Waals surface area contributed by atoms with Crippen LogP contribution in [0.3, 0.4) is 0 Å². The van der Waals surface area contributed by atoms with Crippen molar-refractivity contribution < 1.29 is 39.3 Å². The normalized spacial score (nSPS) is 10.2. The summed E-state index contributed by atoms with van der Waals surface area (Å²) in [5, 5.41) is 34.0. The van der Waals surface area contributed by atoms with E-state index in [1.807, 2.05) is 0 Å². The second kappa shape index (κ2) is 47.1. The molecule has 2 heterocycles. The van der Waals surface area contributed by atoms with E-state index in [4.69, 9.17) is 10.0 Å². The summed E-state index contributed by atoms with van der Waals surface area (Å²) in [6.07, 6.45) is 6.61. The molecule has 0 aliphatic heterocycles. The number of halogens is 5. The first-order valence-electron chi connectivity index (χ1n) is 34.3. The van der Waals surface area contributed by atoms with Crippen molar-refractivity contribution in [2.45, 2.75) is 0 Å². The number of hydrogen-bond acceptors (Lipinski definition) is 6. The van der Waals surface area contributed by atoms with Crippen molar-refractivity contribution >= 4 is 156 Å². The number of benzene rings is 14. The zero-order valence-electron chi connectivity index (χ0n) is 58.8. The van der Waals surface area contributed by atoms with Crippen molar-refractivity contribution in [3.8, 4) is 11.4 Å². The van der Waals surface area contributed by atoms with Crippen LogP contribution in [0.15, 0.2) is 451 Å². The minimum Gasteiger partial charge on any atom is -0.423 e. The molecule has 0 aliphatic carbocycles. The van der Waals surface area contributed by atoms with Gasteiger partial charge in [-0.05, 0) is 191 Å². The van der Waals surface area contributed by atoms with Gasteiger partial charge >= 0.3 is 7.12 Å². The topological polar surface area (TPSA) is 92.0 Å². The maximum absolute atomic E-state index is 13.2. The third kappa shape index (κ3) is 27.2. The first-order valence-corrected chi connectivity index (χ1v) is 42.1. The molecule has 17 heteroatoms. The molecule has 0 aliphatic rings. The van der Waals surface area contributed by atoms with Crippen LogP contribution >= 0.6 is 79.5 Å². The van der Waals surface area contributed by atoms with Gasteiger partial charge in [0.15, 0.2) is 10.6 Å². The fraction of sp³-hybridized carbons (Fsp3) is 0. The fourth-order valence-corrected chi connectivity index (χ4v) is 20.7. The van der Waals surface area contributed by atoms with Crippen LogP contribution in [0.1, 0.15) is 0 Å². The van der Waals surface area contributed by atoms with Crippen LogP contribution in [0.25, 0.3) is 11.4 Å². The average Bonchev–Trinajstić information content (AvgIpc) is 0.827.